The maximum Gasteiger partial charge on any atom is 0.160 e. The molecule has 1 fully saturated rings. The van der Waals surface area contributed by atoms with E-state index >= 15 is 0 Å². The number of benzene rings is 1. The van der Waals surface area contributed by atoms with Crippen LogP contribution in [0.1, 0.15) is 36.2 Å². The zero-order valence-corrected chi connectivity index (χ0v) is 11.7. The molecule has 104 valence electrons. The van der Waals surface area contributed by atoms with Gasteiger partial charge < -0.3 is 9.88 Å². The Balaban J connectivity index is 1.73. The summed E-state index contributed by atoms with van der Waals surface area (Å²) in [5.41, 5.74) is 4.66. The lowest BCUT2D eigenvalue weighted by atomic mass is 10.0. The maximum absolute atomic E-state index is 4.92. The van der Waals surface area contributed by atoms with Gasteiger partial charge in [0.05, 0.1) is 5.92 Å². The Morgan fingerprint density at radius 2 is 2.00 bits per heavy atom. The van der Waals surface area contributed by atoms with Crippen LogP contribution in [-0.4, -0.2) is 21.1 Å². The van der Waals surface area contributed by atoms with Gasteiger partial charge in [-0.05, 0) is 36.6 Å². The van der Waals surface area contributed by atoms with Crippen LogP contribution in [0.5, 0.6) is 0 Å². The Morgan fingerprint density at radius 1 is 1.10 bits per heavy atom. The molecule has 0 radical (unpaired) electrons. The van der Waals surface area contributed by atoms with Crippen molar-refractivity contribution in [3.05, 3.63) is 54.0 Å². The molecule has 3 heterocycles. The van der Waals surface area contributed by atoms with Crippen molar-refractivity contribution in [2.45, 2.75) is 24.8 Å². The van der Waals surface area contributed by atoms with E-state index < -0.39 is 0 Å². The van der Waals surface area contributed by atoms with E-state index in [1.54, 1.807) is 0 Å². The minimum Gasteiger partial charge on any atom is -0.384 e. The number of hydrogen-bond acceptors (Lipinski definition) is 3. The summed E-state index contributed by atoms with van der Waals surface area (Å²) >= 11 is 0. The summed E-state index contributed by atoms with van der Waals surface area (Å²) in [5.74, 6) is 1.50. The van der Waals surface area contributed by atoms with Gasteiger partial charge in [0, 0.05) is 24.5 Å². The molecule has 5 rings (SSSR count). The lowest BCUT2D eigenvalue weighted by molar-refractivity contribution is 0.665. The van der Waals surface area contributed by atoms with Gasteiger partial charge in [0.15, 0.2) is 5.65 Å². The van der Waals surface area contributed by atoms with Crippen molar-refractivity contribution < 1.29 is 0 Å². The van der Waals surface area contributed by atoms with Crippen molar-refractivity contribution >= 4 is 16.9 Å². The van der Waals surface area contributed by atoms with Gasteiger partial charge in [0.25, 0.3) is 0 Å². The summed E-state index contributed by atoms with van der Waals surface area (Å²) in [5, 5.41) is 3.51. The molecule has 1 aliphatic carbocycles. The van der Waals surface area contributed by atoms with Gasteiger partial charge >= 0.3 is 0 Å². The van der Waals surface area contributed by atoms with Crippen LogP contribution in [0.4, 0.5) is 5.69 Å². The van der Waals surface area contributed by atoms with Gasteiger partial charge in [-0.25, -0.2) is 9.97 Å². The fourth-order valence-corrected chi connectivity index (χ4v) is 3.40. The molecule has 1 aromatic carbocycles. The van der Waals surface area contributed by atoms with E-state index in [1.807, 2.05) is 12.3 Å². The first-order chi connectivity index (χ1) is 10.4. The minimum absolute atomic E-state index is 0.330. The fraction of sp³-hybridized carbons (Fsp3) is 0.294. The van der Waals surface area contributed by atoms with Crippen molar-refractivity contribution in [3.63, 3.8) is 0 Å². The van der Waals surface area contributed by atoms with Crippen LogP contribution in [0.2, 0.25) is 0 Å². The molecular weight excluding hydrogens is 260 g/mol. The number of imidazole rings is 1. The number of nitrogens with zero attached hydrogens (tertiary/aromatic N) is 3. The van der Waals surface area contributed by atoms with Gasteiger partial charge in [0.1, 0.15) is 11.3 Å². The number of rotatable bonds is 2. The molecule has 1 unspecified atom stereocenters. The standard InChI is InChI=1S/C17H16N4/c1-2-5-14-12(4-1)13(10-19-14)16-20-15-6-3-9-18-17(15)21(16)11-7-8-11/h1-6,9,11,13,19H,7-8,10H2. The fourth-order valence-electron chi connectivity index (χ4n) is 3.40. The quantitative estimate of drug-likeness (QED) is 0.780. The second kappa shape index (κ2) is 4.07. The van der Waals surface area contributed by atoms with Gasteiger partial charge in [-0.2, -0.15) is 0 Å². The highest BCUT2D eigenvalue weighted by atomic mass is 15.2. The van der Waals surface area contributed by atoms with Gasteiger partial charge in [-0.15, -0.1) is 0 Å². The highest BCUT2D eigenvalue weighted by Crippen LogP contribution is 2.43. The van der Waals surface area contributed by atoms with Crippen molar-refractivity contribution in [1.29, 1.82) is 0 Å². The van der Waals surface area contributed by atoms with E-state index in [0.717, 1.165) is 17.7 Å². The van der Waals surface area contributed by atoms with Crippen LogP contribution in [0.15, 0.2) is 42.6 Å². The second-order valence-electron chi connectivity index (χ2n) is 5.94. The molecule has 21 heavy (non-hydrogen) atoms. The third-order valence-corrected chi connectivity index (χ3v) is 4.53. The number of nitrogens with one attached hydrogen (secondary N) is 1. The van der Waals surface area contributed by atoms with E-state index in [2.05, 4.69) is 45.2 Å². The Morgan fingerprint density at radius 3 is 2.90 bits per heavy atom. The average molecular weight is 276 g/mol. The third kappa shape index (κ3) is 1.62. The molecule has 2 aliphatic rings. The van der Waals surface area contributed by atoms with Gasteiger partial charge in [0.2, 0.25) is 0 Å². The van der Waals surface area contributed by atoms with E-state index in [-0.39, 0.29) is 0 Å². The number of para-hydroxylation sites is 1. The van der Waals surface area contributed by atoms with Crippen molar-refractivity contribution in [2.24, 2.45) is 0 Å². The molecule has 0 saturated heterocycles. The molecule has 1 aliphatic heterocycles. The topological polar surface area (TPSA) is 42.7 Å². The SMILES string of the molecule is c1ccc2c(c1)NCC2c1nc2cccnc2n1C1CC1. The van der Waals surface area contributed by atoms with Crippen molar-refractivity contribution in [1.82, 2.24) is 14.5 Å². The zero-order valence-electron chi connectivity index (χ0n) is 11.7. The van der Waals surface area contributed by atoms with Crippen LogP contribution in [0.25, 0.3) is 11.2 Å². The predicted octanol–water partition coefficient (Wildman–Crippen LogP) is 3.32. The van der Waals surface area contributed by atoms with Crippen molar-refractivity contribution in [2.75, 3.05) is 11.9 Å². The molecular formula is C17H16N4. The van der Waals surface area contributed by atoms with Gasteiger partial charge in [-0.3, -0.25) is 0 Å². The van der Waals surface area contributed by atoms with E-state index in [1.165, 1.54) is 29.9 Å². The van der Waals surface area contributed by atoms with Crippen LogP contribution in [0.3, 0.4) is 0 Å². The van der Waals surface area contributed by atoms with Crippen LogP contribution in [-0.2, 0) is 0 Å². The van der Waals surface area contributed by atoms with Crippen LogP contribution < -0.4 is 5.32 Å². The largest absolute Gasteiger partial charge is 0.384 e. The highest BCUT2D eigenvalue weighted by Gasteiger charge is 2.34. The molecule has 4 nitrogen and oxygen atoms in total. The van der Waals surface area contributed by atoms with Crippen molar-refractivity contribution in [3.8, 4) is 0 Å². The molecule has 0 bridgehead atoms. The lowest BCUT2D eigenvalue weighted by Gasteiger charge is -2.13. The Bertz CT molecular complexity index is 832. The van der Waals surface area contributed by atoms with Crippen LogP contribution in [0, 0.1) is 0 Å². The summed E-state index contributed by atoms with van der Waals surface area (Å²) in [6.45, 7) is 0.926. The summed E-state index contributed by atoms with van der Waals surface area (Å²) in [6.07, 6.45) is 4.36. The second-order valence-corrected chi connectivity index (χ2v) is 5.94. The maximum atomic E-state index is 4.92. The third-order valence-electron chi connectivity index (χ3n) is 4.53. The number of pyridine rings is 1. The number of anilines is 1. The average Bonchev–Trinajstić information content (AvgIpc) is 3.15. The highest BCUT2D eigenvalue weighted by molar-refractivity contribution is 5.72. The molecule has 0 spiro atoms. The first-order valence-electron chi connectivity index (χ1n) is 7.57. The molecule has 0 amide bonds. The first-order valence-corrected chi connectivity index (χ1v) is 7.57. The normalized spacial score (nSPS) is 20.5. The lowest BCUT2D eigenvalue weighted by Crippen LogP contribution is -2.11. The smallest absolute Gasteiger partial charge is 0.160 e. The molecule has 2 aromatic heterocycles. The minimum atomic E-state index is 0.330. The van der Waals surface area contributed by atoms with Gasteiger partial charge in [-0.1, -0.05) is 18.2 Å². The number of hydrogen-bond donors (Lipinski definition) is 1. The summed E-state index contributed by atoms with van der Waals surface area (Å²) in [4.78, 5) is 9.49. The Labute approximate surface area is 122 Å². The molecule has 4 heteroatoms. The van der Waals surface area contributed by atoms with E-state index in [4.69, 9.17) is 4.98 Å². The van der Waals surface area contributed by atoms with E-state index in [9.17, 15) is 0 Å². The first kappa shape index (κ1) is 11.3. The number of fused-ring (bicyclic) bond motifs is 2. The Kier molecular flexibility index (Phi) is 2.19. The number of aromatic nitrogens is 3. The summed E-state index contributed by atoms with van der Waals surface area (Å²) < 4.78 is 2.38. The molecule has 1 atom stereocenters. The summed E-state index contributed by atoms with van der Waals surface area (Å²) in [7, 11) is 0. The predicted molar refractivity (Wildman–Crippen MR) is 82.6 cm³/mol. The zero-order chi connectivity index (χ0) is 13.8. The Hall–Kier alpha value is -2.36. The molecule has 1 saturated carbocycles. The van der Waals surface area contributed by atoms with E-state index in [0.29, 0.717) is 12.0 Å². The molecule has 3 aromatic rings. The van der Waals surface area contributed by atoms with Crippen LogP contribution >= 0.6 is 0 Å². The summed E-state index contributed by atoms with van der Waals surface area (Å²) in [6, 6.07) is 13.2. The monoisotopic (exact) mass is 276 g/mol. The molecule has 1 N–H and O–H groups in total.